The van der Waals surface area contributed by atoms with Gasteiger partial charge in [0, 0.05) is 6.54 Å². The van der Waals surface area contributed by atoms with Gasteiger partial charge in [0.1, 0.15) is 5.75 Å². The highest BCUT2D eigenvalue weighted by atomic mass is 35.5. The van der Waals surface area contributed by atoms with Crippen molar-refractivity contribution in [1.82, 2.24) is 5.48 Å². The third kappa shape index (κ3) is 3.60. The number of hydroxylamine groups is 1. The van der Waals surface area contributed by atoms with E-state index in [0.717, 1.165) is 24.2 Å². The van der Waals surface area contributed by atoms with Gasteiger partial charge in [0.15, 0.2) is 0 Å². The Bertz CT molecular complexity index is 364. The molecule has 0 bridgehead atoms. The SMILES string of the molecule is CONCc1ccc(OC2CCCC2)c(Cl)c1. The van der Waals surface area contributed by atoms with E-state index in [-0.39, 0.29) is 0 Å². The molecule has 0 atom stereocenters. The maximum Gasteiger partial charge on any atom is 0.138 e. The topological polar surface area (TPSA) is 30.5 Å². The van der Waals surface area contributed by atoms with Gasteiger partial charge in [-0.1, -0.05) is 17.7 Å². The van der Waals surface area contributed by atoms with Gasteiger partial charge in [-0.25, -0.2) is 0 Å². The zero-order chi connectivity index (χ0) is 12.1. The molecule has 0 unspecified atom stereocenters. The maximum atomic E-state index is 6.19. The minimum atomic E-state index is 0.343. The predicted molar refractivity (Wildman–Crippen MR) is 68.2 cm³/mol. The van der Waals surface area contributed by atoms with E-state index in [1.165, 1.54) is 12.8 Å². The number of hydrogen-bond acceptors (Lipinski definition) is 3. The monoisotopic (exact) mass is 255 g/mol. The van der Waals surface area contributed by atoms with Crippen molar-refractivity contribution in [3.63, 3.8) is 0 Å². The molecule has 2 rings (SSSR count). The minimum Gasteiger partial charge on any atom is -0.489 e. The highest BCUT2D eigenvalue weighted by Gasteiger charge is 2.17. The Balaban J connectivity index is 1.98. The van der Waals surface area contributed by atoms with Crippen molar-refractivity contribution >= 4 is 11.6 Å². The van der Waals surface area contributed by atoms with Crippen LogP contribution < -0.4 is 10.2 Å². The van der Waals surface area contributed by atoms with Crippen LogP contribution in [0.3, 0.4) is 0 Å². The van der Waals surface area contributed by atoms with E-state index in [2.05, 4.69) is 5.48 Å². The Morgan fingerprint density at radius 3 is 2.76 bits per heavy atom. The molecule has 1 aliphatic rings. The zero-order valence-electron chi connectivity index (χ0n) is 10.0. The first kappa shape index (κ1) is 12.7. The molecule has 3 nitrogen and oxygen atoms in total. The van der Waals surface area contributed by atoms with E-state index < -0.39 is 0 Å². The van der Waals surface area contributed by atoms with Crippen LogP contribution in [0.4, 0.5) is 0 Å². The second kappa shape index (κ2) is 6.24. The average Bonchev–Trinajstić information content (AvgIpc) is 2.82. The van der Waals surface area contributed by atoms with Gasteiger partial charge < -0.3 is 9.57 Å². The van der Waals surface area contributed by atoms with Gasteiger partial charge in [-0.3, -0.25) is 0 Å². The van der Waals surface area contributed by atoms with Gasteiger partial charge in [0.2, 0.25) is 0 Å². The lowest BCUT2D eigenvalue weighted by molar-refractivity contribution is 0.0867. The van der Waals surface area contributed by atoms with Gasteiger partial charge >= 0.3 is 0 Å². The second-order valence-electron chi connectivity index (χ2n) is 4.31. The van der Waals surface area contributed by atoms with Crippen molar-refractivity contribution in [2.45, 2.75) is 38.3 Å². The first-order chi connectivity index (χ1) is 8.29. The fraction of sp³-hybridized carbons (Fsp3) is 0.538. The van der Waals surface area contributed by atoms with Crippen molar-refractivity contribution in [2.24, 2.45) is 0 Å². The summed E-state index contributed by atoms with van der Waals surface area (Å²) in [7, 11) is 1.60. The van der Waals surface area contributed by atoms with Crippen LogP contribution in [-0.4, -0.2) is 13.2 Å². The normalized spacial score (nSPS) is 16.4. The van der Waals surface area contributed by atoms with Crippen LogP contribution in [0.5, 0.6) is 5.75 Å². The molecule has 1 N–H and O–H groups in total. The Kier molecular flexibility index (Phi) is 4.66. The number of benzene rings is 1. The summed E-state index contributed by atoms with van der Waals surface area (Å²) in [6.45, 7) is 0.639. The quantitative estimate of drug-likeness (QED) is 0.819. The van der Waals surface area contributed by atoms with Crippen LogP contribution in [0.15, 0.2) is 18.2 Å². The van der Waals surface area contributed by atoms with Crippen LogP contribution >= 0.6 is 11.6 Å². The lowest BCUT2D eigenvalue weighted by Gasteiger charge is -2.15. The molecule has 0 amide bonds. The first-order valence-electron chi connectivity index (χ1n) is 6.00. The molecule has 0 heterocycles. The van der Waals surface area contributed by atoms with Gasteiger partial charge in [-0.2, -0.15) is 5.48 Å². The predicted octanol–water partition coefficient (Wildman–Crippen LogP) is 3.31. The minimum absolute atomic E-state index is 0.343. The van der Waals surface area contributed by atoms with E-state index in [9.17, 15) is 0 Å². The molecular weight excluding hydrogens is 238 g/mol. The van der Waals surface area contributed by atoms with Crippen LogP contribution in [0.25, 0.3) is 0 Å². The number of nitrogens with one attached hydrogen (secondary N) is 1. The van der Waals surface area contributed by atoms with E-state index in [1.807, 2.05) is 18.2 Å². The first-order valence-corrected chi connectivity index (χ1v) is 6.38. The van der Waals surface area contributed by atoms with E-state index in [0.29, 0.717) is 17.7 Å². The van der Waals surface area contributed by atoms with Crippen LogP contribution in [0.1, 0.15) is 31.2 Å². The summed E-state index contributed by atoms with van der Waals surface area (Å²) < 4.78 is 5.88. The van der Waals surface area contributed by atoms with Crippen LogP contribution in [0.2, 0.25) is 5.02 Å². The van der Waals surface area contributed by atoms with Gasteiger partial charge in [-0.05, 0) is 43.4 Å². The third-order valence-corrected chi connectivity index (χ3v) is 3.31. The third-order valence-electron chi connectivity index (χ3n) is 3.01. The van der Waals surface area contributed by atoms with Gasteiger partial charge in [0.25, 0.3) is 0 Å². The molecule has 0 radical (unpaired) electrons. The highest BCUT2D eigenvalue weighted by molar-refractivity contribution is 6.32. The summed E-state index contributed by atoms with van der Waals surface area (Å²) in [6.07, 6.45) is 5.15. The van der Waals surface area contributed by atoms with Crippen molar-refractivity contribution in [1.29, 1.82) is 0 Å². The summed E-state index contributed by atoms with van der Waals surface area (Å²) in [5.74, 6) is 0.791. The van der Waals surface area contributed by atoms with Crippen molar-refractivity contribution in [3.8, 4) is 5.75 Å². The molecule has 1 aromatic carbocycles. The average molecular weight is 256 g/mol. The van der Waals surface area contributed by atoms with Crippen LogP contribution in [-0.2, 0) is 11.4 Å². The Labute approximate surface area is 107 Å². The van der Waals surface area contributed by atoms with Crippen molar-refractivity contribution in [3.05, 3.63) is 28.8 Å². The number of rotatable bonds is 5. The Morgan fingerprint density at radius 1 is 1.35 bits per heavy atom. The smallest absolute Gasteiger partial charge is 0.138 e. The lowest BCUT2D eigenvalue weighted by atomic mass is 10.2. The lowest BCUT2D eigenvalue weighted by Crippen LogP contribution is -2.12. The van der Waals surface area contributed by atoms with Crippen molar-refractivity contribution < 1.29 is 9.57 Å². The molecule has 17 heavy (non-hydrogen) atoms. The summed E-state index contributed by atoms with van der Waals surface area (Å²) in [5, 5.41) is 0.673. The summed E-state index contributed by atoms with van der Waals surface area (Å²) in [5.41, 5.74) is 3.86. The zero-order valence-corrected chi connectivity index (χ0v) is 10.8. The van der Waals surface area contributed by atoms with Crippen molar-refractivity contribution in [2.75, 3.05) is 7.11 Å². The molecule has 1 fully saturated rings. The Hall–Kier alpha value is -0.770. The fourth-order valence-corrected chi connectivity index (χ4v) is 2.34. The molecule has 1 saturated carbocycles. The highest BCUT2D eigenvalue weighted by Crippen LogP contribution is 2.30. The molecule has 0 spiro atoms. The molecule has 1 aromatic rings. The summed E-state index contributed by atoms with van der Waals surface area (Å²) in [6, 6.07) is 5.85. The molecule has 94 valence electrons. The van der Waals surface area contributed by atoms with E-state index >= 15 is 0 Å². The fourth-order valence-electron chi connectivity index (χ4n) is 2.09. The van der Waals surface area contributed by atoms with Gasteiger partial charge in [0.05, 0.1) is 18.2 Å². The summed E-state index contributed by atoms with van der Waals surface area (Å²) >= 11 is 6.19. The van der Waals surface area contributed by atoms with E-state index in [1.54, 1.807) is 7.11 Å². The molecule has 0 saturated heterocycles. The Morgan fingerprint density at radius 2 is 2.12 bits per heavy atom. The van der Waals surface area contributed by atoms with Gasteiger partial charge in [-0.15, -0.1) is 0 Å². The molecule has 1 aliphatic carbocycles. The molecular formula is C13H18ClNO2. The molecule has 0 aromatic heterocycles. The number of hydrogen-bond donors (Lipinski definition) is 1. The summed E-state index contributed by atoms with van der Waals surface area (Å²) in [4.78, 5) is 4.80. The van der Waals surface area contributed by atoms with E-state index in [4.69, 9.17) is 21.2 Å². The largest absolute Gasteiger partial charge is 0.489 e. The van der Waals surface area contributed by atoms with Crippen LogP contribution in [0, 0.1) is 0 Å². The molecule has 0 aliphatic heterocycles. The molecule has 4 heteroatoms. The maximum absolute atomic E-state index is 6.19. The standard InChI is InChI=1S/C13H18ClNO2/c1-16-15-9-10-6-7-13(12(14)8-10)17-11-4-2-3-5-11/h6-8,11,15H,2-5,9H2,1H3. The number of halogens is 1. The number of ether oxygens (including phenoxy) is 1. The second-order valence-corrected chi connectivity index (χ2v) is 4.72.